The van der Waals surface area contributed by atoms with E-state index in [0.29, 0.717) is 6.61 Å². The Hall–Kier alpha value is -1.76. The summed E-state index contributed by atoms with van der Waals surface area (Å²) in [6, 6.07) is 20.9. The van der Waals surface area contributed by atoms with Crippen LogP contribution in [0.25, 0.3) is 4.47 Å². The van der Waals surface area contributed by atoms with Crippen LogP contribution in [0.1, 0.15) is 5.56 Å². The van der Waals surface area contributed by atoms with Crippen LogP contribution in [0, 0.1) is 0 Å². The van der Waals surface area contributed by atoms with E-state index in [2.05, 4.69) is 55.1 Å². The molecule has 2 rings (SSSR count). The zero-order valence-corrected chi connectivity index (χ0v) is 12.4. The van der Waals surface area contributed by atoms with Gasteiger partial charge in [-0.2, -0.15) is 0 Å². The molecule has 0 saturated heterocycles. The van der Waals surface area contributed by atoms with Crippen molar-refractivity contribution in [3.8, 4) is 0 Å². The third-order valence-corrected chi connectivity index (χ3v) is 4.66. The Bertz CT molecular complexity index is 532. The second kappa shape index (κ2) is 7.63. The van der Waals surface area contributed by atoms with Crippen LogP contribution in [0.5, 0.6) is 0 Å². The Morgan fingerprint density at radius 3 is 2.26 bits per heavy atom. The molecule has 0 atom stereocenters. The number of hydrogen-bond donors (Lipinski definition) is 0. The van der Waals surface area contributed by atoms with Crippen LogP contribution in [-0.2, 0) is 4.74 Å². The van der Waals surface area contributed by atoms with Crippen LogP contribution in [0.2, 0.25) is 0 Å². The van der Waals surface area contributed by atoms with Gasteiger partial charge in [0.2, 0.25) is 0 Å². The van der Waals surface area contributed by atoms with E-state index in [1.54, 1.807) is 6.08 Å². The molecule has 96 valence electrons. The summed E-state index contributed by atoms with van der Waals surface area (Å²) < 4.78 is 8.08. The van der Waals surface area contributed by atoms with Crippen molar-refractivity contribution in [2.75, 3.05) is 6.61 Å². The van der Waals surface area contributed by atoms with Crippen molar-refractivity contribution >= 4 is 23.9 Å². The van der Waals surface area contributed by atoms with Gasteiger partial charge in [0.05, 0.1) is 0 Å². The number of hydrogen-bond acceptors (Lipinski definition) is 1. The van der Waals surface area contributed by atoms with Crippen molar-refractivity contribution in [3.63, 3.8) is 0 Å². The summed E-state index contributed by atoms with van der Waals surface area (Å²) >= 11 is 0.240. The molecule has 19 heavy (non-hydrogen) atoms. The van der Waals surface area contributed by atoms with E-state index in [-0.39, 0.29) is 15.0 Å². The Labute approximate surface area is 120 Å². The monoisotopic (exact) mass is 316 g/mol. The molecule has 0 aliphatic carbocycles. The van der Waals surface area contributed by atoms with Crippen molar-refractivity contribution in [2.24, 2.45) is 0 Å². The molecule has 0 saturated carbocycles. The van der Waals surface area contributed by atoms with Crippen molar-refractivity contribution in [1.29, 1.82) is 0 Å². The minimum atomic E-state index is 0.240. The van der Waals surface area contributed by atoms with E-state index in [0.717, 1.165) is 0 Å². The number of benzene rings is 2. The maximum atomic E-state index is 5.51. The van der Waals surface area contributed by atoms with E-state index in [9.17, 15) is 0 Å². The molecule has 0 amide bonds. The van der Waals surface area contributed by atoms with Gasteiger partial charge >= 0.3 is 120 Å². The van der Waals surface area contributed by atoms with Gasteiger partial charge in [0, 0.05) is 0 Å². The average Bonchev–Trinajstić information content (AvgIpc) is 2.48. The van der Waals surface area contributed by atoms with E-state index in [1.165, 1.54) is 14.5 Å². The summed E-state index contributed by atoms with van der Waals surface area (Å²) in [7, 11) is 0. The predicted octanol–water partition coefficient (Wildman–Crippen LogP) is 3.22. The zero-order chi connectivity index (χ0) is 13.3. The van der Waals surface area contributed by atoms with Gasteiger partial charge in [-0.25, -0.2) is 0 Å². The first-order valence-electron chi connectivity index (χ1n) is 6.11. The summed E-state index contributed by atoms with van der Waals surface area (Å²) in [5.41, 5.74) is 1.22. The third-order valence-electron chi connectivity index (χ3n) is 2.43. The molecule has 2 aromatic carbocycles. The molecule has 0 fully saturated rings. The molecule has 0 bridgehead atoms. The standard InChI is InChI=1S/C17H16OSe/c1-2-13-18-14-17(15-9-5-3-6-10-15)19-16-11-7-4-8-12-16/h2-12,14H,1,13H2/b17-14+. The van der Waals surface area contributed by atoms with Gasteiger partial charge in [-0.3, -0.25) is 0 Å². The fourth-order valence-electron chi connectivity index (χ4n) is 1.56. The molecule has 0 aromatic heterocycles. The van der Waals surface area contributed by atoms with Gasteiger partial charge in [-0.15, -0.1) is 0 Å². The Morgan fingerprint density at radius 1 is 1.00 bits per heavy atom. The van der Waals surface area contributed by atoms with E-state index < -0.39 is 0 Å². The molecule has 2 heteroatoms. The second-order valence-corrected chi connectivity index (χ2v) is 6.23. The van der Waals surface area contributed by atoms with E-state index >= 15 is 0 Å². The zero-order valence-electron chi connectivity index (χ0n) is 10.7. The maximum absolute atomic E-state index is 5.51. The van der Waals surface area contributed by atoms with Crippen LogP contribution in [-0.4, -0.2) is 21.6 Å². The number of ether oxygens (including phenoxy) is 1. The van der Waals surface area contributed by atoms with Gasteiger partial charge in [0.15, 0.2) is 0 Å². The molecule has 1 nitrogen and oxygen atoms in total. The van der Waals surface area contributed by atoms with Crippen molar-refractivity contribution in [1.82, 2.24) is 0 Å². The van der Waals surface area contributed by atoms with Crippen molar-refractivity contribution < 1.29 is 4.74 Å². The first kappa shape index (κ1) is 13.7. The molecule has 0 spiro atoms. The molecule has 0 radical (unpaired) electrons. The van der Waals surface area contributed by atoms with Gasteiger partial charge in [-0.05, 0) is 0 Å². The summed E-state index contributed by atoms with van der Waals surface area (Å²) in [6.07, 6.45) is 3.62. The Kier molecular flexibility index (Phi) is 5.48. The summed E-state index contributed by atoms with van der Waals surface area (Å²) in [4.78, 5) is 0. The molecule has 0 unspecified atom stereocenters. The Morgan fingerprint density at radius 2 is 1.63 bits per heavy atom. The Balaban J connectivity index is 2.20. The molecule has 2 aromatic rings. The van der Waals surface area contributed by atoms with Crippen molar-refractivity contribution in [3.05, 3.63) is 85.1 Å². The second-order valence-electron chi connectivity index (χ2n) is 3.89. The van der Waals surface area contributed by atoms with Crippen molar-refractivity contribution in [2.45, 2.75) is 0 Å². The van der Waals surface area contributed by atoms with Gasteiger partial charge in [0.1, 0.15) is 0 Å². The minimum absolute atomic E-state index is 0.240. The number of rotatable bonds is 6. The summed E-state index contributed by atoms with van der Waals surface area (Å²) in [6.45, 7) is 4.21. The molecular weight excluding hydrogens is 299 g/mol. The topological polar surface area (TPSA) is 9.23 Å². The predicted molar refractivity (Wildman–Crippen MR) is 82.4 cm³/mol. The van der Waals surface area contributed by atoms with Crippen LogP contribution in [0.4, 0.5) is 0 Å². The van der Waals surface area contributed by atoms with E-state index in [4.69, 9.17) is 4.74 Å². The molecule has 0 aliphatic heterocycles. The van der Waals surface area contributed by atoms with Crippen LogP contribution >= 0.6 is 0 Å². The third kappa shape index (κ3) is 4.44. The molecule has 0 N–H and O–H groups in total. The molecular formula is C17H16OSe. The first-order chi connectivity index (χ1) is 9.40. The quantitative estimate of drug-likeness (QED) is 0.344. The average molecular weight is 315 g/mol. The van der Waals surface area contributed by atoms with Gasteiger partial charge < -0.3 is 0 Å². The van der Waals surface area contributed by atoms with Gasteiger partial charge in [-0.1, -0.05) is 0 Å². The fourth-order valence-corrected chi connectivity index (χ4v) is 3.49. The van der Waals surface area contributed by atoms with Crippen LogP contribution in [0.3, 0.4) is 0 Å². The normalized spacial score (nSPS) is 11.1. The summed E-state index contributed by atoms with van der Waals surface area (Å²) in [5.74, 6) is 0. The first-order valence-corrected chi connectivity index (χ1v) is 7.82. The fraction of sp³-hybridized carbons (Fsp3) is 0.0588. The SMILES string of the molecule is C=CCO/C=C(/[Se]c1ccccc1)c1ccccc1. The van der Waals surface area contributed by atoms with Crippen LogP contribution in [0.15, 0.2) is 79.6 Å². The van der Waals surface area contributed by atoms with Gasteiger partial charge in [0.25, 0.3) is 0 Å². The van der Waals surface area contributed by atoms with E-state index in [1.807, 2.05) is 18.4 Å². The summed E-state index contributed by atoms with van der Waals surface area (Å²) in [5, 5.41) is 0. The molecule has 0 heterocycles. The molecule has 0 aliphatic rings. The van der Waals surface area contributed by atoms with Crippen LogP contribution < -0.4 is 4.46 Å².